The van der Waals surface area contributed by atoms with Crippen molar-refractivity contribution in [2.75, 3.05) is 11.4 Å². The van der Waals surface area contributed by atoms with E-state index >= 15 is 0 Å². The molecule has 0 aliphatic carbocycles. The van der Waals surface area contributed by atoms with E-state index in [1.54, 1.807) is 0 Å². The number of hydrogen-bond donors (Lipinski definition) is 0. The number of aliphatic imine (C=N–C) groups is 1. The molecular weight excluding hydrogens is 328 g/mol. The van der Waals surface area contributed by atoms with E-state index in [-0.39, 0.29) is 5.54 Å². The number of anilines is 1. The van der Waals surface area contributed by atoms with Crippen LogP contribution in [0.3, 0.4) is 0 Å². The first-order valence-corrected chi connectivity index (χ1v) is 9.41. The molecule has 0 amide bonds. The van der Waals surface area contributed by atoms with Gasteiger partial charge in [-0.3, -0.25) is 4.99 Å². The lowest BCUT2D eigenvalue weighted by Gasteiger charge is -2.47. The molecule has 0 N–H and O–H groups in total. The second kappa shape index (κ2) is 6.84. The SMILES string of the molecule is CCN1c2ccc(C=Nc3ccc(C)c(Cl)c3)cc2C(C)CC1(C)C. The van der Waals surface area contributed by atoms with Gasteiger partial charge in [-0.1, -0.05) is 30.7 Å². The molecule has 1 unspecified atom stereocenters. The molecule has 1 heterocycles. The van der Waals surface area contributed by atoms with E-state index in [0.29, 0.717) is 5.92 Å². The lowest BCUT2D eigenvalue weighted by Crippen LogP contribution is -2.48. The summed E-state index contributed by atoms with van der Waals surface area (Å²) in [6.07, 6.45) is 3.10. The Labute approximate surface area is 156 Å². The quantitative estimate of drug-likeness (QED) is 0.573. The Morgan fingerprint density at radius 2 is 2.00 bits per heavy atom. The van der Waals surface area contributed by atoms with Gasteiger partial charge in [0.1, 0.15) is 0 Å². The van der Waals surface area contributed by atoms with E-state index in [2.05, 4.69) is 55.8 Å². The minimum absolute atomic E-state index is 0.204. The van der Waals surface area contributed by atoms with E-state index < -0.39 is 0 Å². The van der Waals surface area contributed by atoms with Crippen LogP contribution >= 0.6 is 11.6 Å². The van der Waals surface area contributed by atoms with Gasteiger partial charge in [0.05, 0.1) is 5.69 Å². The number of benzene rings is 2. The summed E-state index contributed by atoms with van der Waals surface area (Å²) >= 11 is 6.19. The monoisotopic (exact) mass is 354 g/mol. The molecule has 0 aromatic heterocycles. The molecule has 132 valence electrons. The summed E-state index contributed by atoms with van der Waals surface area (Å²) in [4.78, 5) is 7.11. The zero-order chi connectivity index (χ0) is 18.2. The van der Waals surface area contributed by atoms with Crippen LogP contribution in [0.25, 0.3) is 0 Å². The summed E-state index contributed by atoms with van der Waals surface area (Å²) in [5, 5.41) is 0.759. The van der Waals surface area contributed by atoms with Gasteiger partial charge in [-0.2, -0.15) is 0 Å². The fourth-order valence-corrected chi connectivity index (χ4v) is 4.17. The molecule has 3 rings (SSSR count). The Bertz CT molecular complexity index is 808. The maximum Gasteiger partial charge on any atom is 0.0644 e. The second-order valence-corrected chi connectivity index (χ2v) is 8.08. The molecule has 2 aromatic carbocycles. The number of fused-ring (bicyclic) bond motifs is 1. The maximum absolute atomic E-state index is 6.19. The highest BCUT2D eigenvalue weighted by atomic mass is 35.5. The van der Waals surface area contributed by atoms with Crippen molar-refractivity contribution in [1.82, 2.24) is 0 Å². The zero-order valence-electron chi connectivity index (χ0n) is 15.8. The molecule has 0 fully saturated rings. The van der Waals surface area contributed by atoms with E-state index in [9.17, 15) is 0 Å². The van der Waals surface area contributed by atoms with E-state index in [4.69, 9.17) is 11.6 Å². The zero-order valence-corrected chi connectivity index (χ0v) is 16.6. The van der Waals surface area contributed by atoms with Gasteiger partial charge in [-0.05, 0) is 81.0 Å². The van der Waals surface area contributed by atoms with Crippen molar-refractivity contribution < 1.29 is 0 Å². The minimum atomic E-state index is 0.204. The third kappa shape index (κ3) is 3.59. The highest BCUT2D eigenvalue weighted by Crippen LogP contribution is 2.43. The van der Waals surface area contributed by atoms with Gasteiger partial charge < -0.3 is 4.90 Å². The van der Waals surface area contributed by atoms with Crippen LogP contribution in [0.5, 0.6) is 0 Å². The molecule has 25 heavy (non-hydrogen) atoms. The predicted molar refractivity (Wildman–Crippen MR) is 110 cm³/mol. The van der Waals surface area contributed by atoms with Crippen molar-refractivity contribution in [2.45, 2.75) is 52.5 Å². The number of rotatable bonds is 3. The number of halogens is 1. The summed E-state index contributed by atoms with van der Waals surface area (Å²) < 4.78 is 0. The Balaban J connectivity index is 1.92. The third-order valence-electron chi connectivity index (χ3n) is 5.24. The molecule has 0 saturated heterocycles. The fraction of sp³-hybridized carbons (Fsp3) is 0.409. The van der Waals surface area contributed by atoms with Crippen LogP contribution in [-0.4, -0.2) is 18.3 Å². The molecule has 0 saturated carbocycles. The highest BCUT2D eigenvalue weighted by Gasteiger charge is 2.35. The Morgan fingerprint density at radius 1 is 1.24 bits per heavy atom. The van der Waals surface area contributed by atoms with E-state index in [1.165, 1.54) is 17.7 Å². The second-order valence-electron chi connectivity index (χ2n) is 7.67. The van der Waals surface area contributed by atoms with Gasteiger partial charge in [0.25, 0.3) is 0 Å². The highest BCUT2D eigenvalue weighted by molar-refractivity contribution is 6.31. The average Bonchev–Trinajstić information content (AvgIpc) is 2.56. The van der Waals surface area contributed by atoms with E-state index in [1.807, 2.05) is 31.3 Å². The van der Waals surface area contributed by atoms with Gasteiger partial charge >= 0.3 is 0 Å². The molecule has 2 aromatic rings. The van der Waals surface area contributed by atoms with Crippen LogP contribution in [0.1, 0.15) is 56.7 Å². The van der Waals surface area contributed by atoms with Gasteiger partial charge in [0.2, 0.25) is 0 Å². The van der Waals surface area contributed by atoms with Crippen LogP contribution in [-0.2, 0) is 0 Å². The van der Waals surface area contributed by atoms with Crippen molar-refractivity contribution in [3.8, 4) is 0 Å². The van der Waals surface area contributed by atoms with Crippen molar-refractivity contribution in [3.63, 3.8) is 0 Å². The molecule has 0 radical (unpaired) electrons. The van der Waals surface area contributed by atoms with Crippen LogP contribution in [0.2, 0.25) is 5.02 Å². The Morgan fingerprint density at radius 3 is 2.68 bits per heavy atom. The summed E-state index contributed by atoms with van der Waals surface area (Å²) in [6.45, 7) is 12.3. The smallest absolute Gasteiger partial charge is 0.0644 e. The summed E-state index contributed by atoms with van der Waals surface area (Å²) in [5.74, 6) is 0.551. The van der Waals surface area contributed by atoms with Gasteiger partial charge in [-0.15, -0.1) is 0 Å². The molecule has 0 spiro atoms. The third-order valence-corrected chi connectivity index (χ3v) is 5.65. The van der Waals surface area contributed by atoms with Crippen LogP contribution < -0.4 is 4.90 Å². The van der Waals surface area contributed by atoms with Gasteiger partial charge in [-0.25, -0.2) is 0 Å². The normalized spacial score (nSPS) is 19.3. The molecule has 1 aliphatic heterocycles. The van der Waals surface area contributed by atoms with Crippen molar-refractivity contribution in [3.05, 3.63) is 58.1 Å². The molecular formula is C22H27ClN2. The lowest BCUT2D eigenvalue weighted by atomic mass is 9.79. The first-order valence-electron chi connectivity index (χ1n) is 9.03. The standard InChI is InChI=1S/C22H27ClN2/c1-6-25-21-10-8-17(11-19(21)16(3)13-22(25,4)5)14-24-18-9-7-15(2)20(23)12-18/h7-12,14,16H,6,13H2,1-5H3. The largest absolute Gasteiger partial charge is 0.366 e. The maximum atomic E-state index is 6.19. The summed E-state index contributed by atoms with van der Waals surface area (Å²) in [6, 6.07) is 12.6. The summed E-state index contributed by atoms with van der Waals surface area (Å²) in [5.41, 5.74) is 6.09. The Kier molecular flexibility index (Phi) is 4.92. The molecule has 1 aliphatic rings. The minimum Gasteiger partial charge on any atom is -0.366 e. The Hall–Kier alpha value is -1.80. The molecule has 2 nitrogen and oxygen atoms in total. The molecule has 3 heteroatoms. The van der Waals surface area contributed by atoms with Crippen LogP contribution in [0, 0.1) is 6.92 Å². The fourth-order valence-electron chi connectivity index (χ4n) is 4.00. The van der Waals surface area contributed by atoms with Crippen LogP contribution in [0.15, 0.2) is 41.4 Å². The molecule has 1 atom stereocenters. The van der Waals surface area contributed by atoms with Crippen molar-refractivity contribution in [2.24, 2.45) is 4.99 Å². The number of nitrogens with zero attached hydrogens (tertiary/aromatic N) is 2. The first-order chi connectivity index (χ1) is 11.8. The topological polar surface area (TPSA) is 15.6 Å². The van der Waals surface area contributed by atoms with Gasteiger partial charge in [0.15, 0.2) is 0 Å². The average molecular weight is 355 g/mol. The number of aryl methyl sites for hydroxylation is 1. The van der Waals surface area contributed by atoms with Crippen molar-refractivity contribution >= 4 is 29.2 Å². The first kappa shape index (κ1) is 18.0. The van der Waals surface area contributed by atoms with E-state index in [0.717, 1.165) is 28.4 Å². The summed E-state index contributed by atoms with van der Waals surface area (Å²) in [7, 11) is 0. The van der Waals surface area contributed by atoms with Gasteiger partial charge in [0, 0.05) is 29.0 Å². The predicted octanol–water partition coefficient (Wildman–Crippen LogP) is 6.51. The lowest BCUT2D eigenvalue weighted by molar-refractivity contribution is 0.381. The van der Waals surface area contributed by atoms with Crippen LogP contribution in [0.4, 0.5) is 11.4 Å². The van der Waals surface area contributed by atoms with Crippen molar-refractivity contribution in [1.29, 1.82) is 0 Å². The molecule has 0 bridgehead atoms. The number of hydrogen-bond acceptors (Lipinski definition) is 2.